The van der Waals surface area contributed by atoms with Gasteiger partial charge >= 0.3 is 0 Å². The Bertz CT molecular complexity index is 615. The molecule has 116 valence electrons. The molecule has 4 nitrogen and oxygen atoms in total. The molecule has 0 atom stereocenters. The number of unbranched alkanes of at least 4 members (excludes halogenated alkanes) is 2. The second-order valence-corrected chi connectivity index (χ2v) is 5.29. The van der Waals surface area contributed by atoms with Gasteiger partial charge in [0.05, 0.1) is 0 Å². The van der Waals surface area contributed by atoms with Crippen molar-refractivity contribution in [3.63, 3.8) is 0 Å². The summed E-state index contributed by atoms with van der Waals surface area (Å²) in [6.07, 6.45) is 3.97. The highest BCUT2D eigenvalue weighted by atomic mass is 16.3. The average Bonchev–Trinajstić information content (AvgIpc) is 2.48. The summed E-state index contributed by atoms with van der Waals surface area (Å²) in [5.41, 5.74) is 1.35. The minimum absolute atomic E-state index is 0.0944. The molecule has 4 heteroatoms. The lowest BCUT2D eigenvalue weighted by atomic mass is 10.0. The maximum Gasteiger partial charge on any atom is 0.263 e. The summed E-state index contributed by atoms with van der Waals surface area (Å²) in [5.74, 6) is -0.916. The normalized spacial score (nSPS) is 10.4. The number of para-hydroxylation sites is 1. The van der Waals surface area contributed by atoms with Gasteiger partial charge in [0.25, 0.3) is 5.91 Å². The largest absolute Gasteiger partial charge is 0.507 e. The van der Waals surface area contributed by atoms with Gasteiger partial charge in [-0.3, -0.25) is 4.79 Å². The van der Waals surface area contributed by atoms with Gasteiger partial charge in [0.2, 0.25) is 0 Å². The number of nitrogens with one attached hydrogen (secondary N) is 1. The molecule has 0 aromatic heterocycles. The van der Waals surface area contributed by atoms with Crippen molar-refractivity contribution in [3.05, 3.63) is 53.6 Å². The summed E-state index contributed by atoms with van der Waals surface area (Å²) in [5, 5.41) is 22.8. The second-order valence-electron chi connectivity index (χ2n) is 5.29. The average molecular weight is 299 g/mol. The predicted molar refractivity (Wildman–Crippen MR) is 87.4 cm³/mol. The molecule has 0 aliphatic carbocycles. The smallest absolute Gasteiger partial charge is 0.263 e. The van der Waals surface area contributed by atoms with Crippen LogP contribution in [0, 0.1) is 0 Å². The van der Waals surface area contributed by atoms with Crippen molar-refractivity contribution in [2.24, 2.45) is 0 Å². The molecular weight excluding hydrogens is 278 g/mol. The van der Waals surface area contributed by atoms with Gasteiger partial charge in [-0.05, 0) is 42.7 Å². The van der Waals surface area contributed by atoms with Crippen molar-refractivity contribution in [1.29, 1.82) is 0 Å². The SMILES string of the molecule is CCCCCc1cc(O)c(C(=O)Nc2ccccc2)c(O)c1. The first kappa shape index (κ1) is 15.9. The van der Waals surface area contributed by atoms with Crippen molar-refractivity contribution < 1.29 is 15.0 Å². The van der Waals surface area contributed by atoms with Gasteiger partial charge in [0, 0.05) is 5.69 Å². The van der Waals surface area contributed by atoms with E-state index in [9.17, 15) is 15.0 Å². The molecule has 22 heavy (non-hydrogen) atoms. The van der Waals surface area contributed by atoms with Crippen molar-refractivity contribution >= 4 is 11.6 Å². The Morgan fingerprint density at radius 2 is 1.68 bits per heavy atom. The third-order valence-corrected chi connectivity index (χ3v) is 3.48. The molecule has 3 N–H and O–H groups in total. The zero-order chi connectivity index (χ0) is 15.9. The van der Waals surface area contributed by atoms with E-state index in [4.69, 9.17) is 0 Å². The van der Waals surface area contributed by atoms with Crippen LogP contribution >= 0.6 is 0 Å². The molecule has 0 bridgehead atoms. The van der Waals surface area contributed by atoms with Crippen LogP contribution < -0.4 is 5.32 Å². The number of phenolic OH excluding ortho intramolecular Hbond substituents is 2. The summed E-state index contributed by atoms with van der Waals surface area (Å²) >= 11 is 0. The molecule has 0 aliphatic heterocycles. The van der Waals surface area contributed by atoms with Gasteiger partial charge in [0.1, 0.15) is 17.1 Å². The fourth-order valence-electron chi connectivity index (χ4n) is 2.34. The summed E-state index contributed by atoms with van der Waals surface area (Å²) < 4.78 is 0. The minimum atomic E-state index is -0.527. The van der Waals surface area contributed by atoms with Crippen LogP contribution in [0.15, 0.2) is 42.5 Å². The molecule has 1 amide bonds. The standard InChI is InChI=1S/C18H21NO3/c1-2-3-5-8-13-11-15(20)17(16(21)12-13)18(22)19-14-9-6-4-7-10-14/h4,6-7,9-12,20-21H,2-3,5,8H2,1H3,(H,19,22). The molecule has 2 aromatic carbocycles. The lowest BCUT2D eigenvalue weighted by Crippen LogP contribution is -2.12. The van der Waals surface area contributed by atoms with Gasteiger partial charge in [-0.1, -0.05) is 38.0 Å². The number of phenols is 2. The lowest BCUT2D eigenvalue weighted by Gasteiger charge is -2.11. The van der Waals surface area contributed by atoms with Gasteiger partial charge < -0.3 is 15.5 Å². The number of hydrogen-bond acceptors (Lipinski definition) is 3. The van der Waals surface area contributed by atoms with Crippen LogP contribution in [0.1, 0.15) is 42.1 Å². The first-order chi connectivity index (χ1) is 10.6. The Labute approximate surface area is 130 Å². The van der Waals surface area contributed by atoms with Crippen LogP contribution in [0.5, 0.6) is 11.5 Å². The lowest BCUT2D eigenvalue weighted by molar-refractivity contribution is 0.102. The highest BCUT2D eigenvalue weighted by Crippen LogP contribution is 2.30. The summed E-state index contributed by atoms with van der Waals surface area (Å²) in [4.78, 5) is 12.2. The number of rotatable bonds is 6. The van der Waals surface area contributed by atoms with Crippen LogP contribution in [-0.2, 0) is 6.42 Å². The molecule has 2 rings (SSSR count). The molecule has 0 spiro atoms. The summed E-state index contributed by atoms with van der Waals surface area (Å²) in [7, 11) is 0. The first-order valence-corrected chi connectivity index (χ1v) is 7.53. The predicted octanol–water partition coefficient (Wildman–Crippen LogP) is 4.08. The maximum atomic E-state index is 12.2. The van der Waals surface area contributed by atoms with E-state index in [2.05, 4.69) is 12.2 Å². The maximum absolute atomic E-state index is 12.2. The number of aromatic hydroxyl groups is 2. The first-order valence-electron chi connectivity index (χ1n) is 7.53. The monoisotopic (exact) mass is 299 g/mol. The fraction of sp³-hybridized carbons (Fsp3) is 0.278. The van der Waals surface area contributed by atoms with E-state index in [1.54, 1.807) is 36.4 Å². The quantitative estimate of drug-likeness (QED) is 0.704. The molecule has 0 saturated heterocycles. The number of amides is 1. The summed E-state index contributed by atoms with van der Waals surface area (Å²) in [6, 6.07) is 12.0. The van der Waals surface area contributed by atoms with E-state index in [-0.39, 0.29) is 17.1 Å². The van der Waals surface area contributed by atoms with E-state index >= 15 is 0 Å². The highest BCUT2D eigenvalue weighted by molar-refractivity contribution is 6.08. The topological polar surface area (TPSA) is 69.6 Å². The summed E-state index contributed by atoms with van der Waals surface area (Å²) in [6.45, 7) is 2.12. The van der Waals surface area contributed by atoms with Crippen LogP contribution in [0.2, 0.25) is 0 Å². The Morgan fingerprint density at radius 1 is 1.05 bits per heavy atom. The van der Waals surface area contributed by atoms with Gasteiger partial charge in [0.15, 0.2) is 0 Å². The van der Waals surface area contributed by atoms with Crippen molar-refractivity contribution in [2.45, 2.75) is 32.6 Å². The van der Waals surface area contributed by atoms with E-state index in [1.165, 1.54) is 0 Å². The molecule has 0 unspecified atom stereocenters. The van der Waals surface area contributed by atoms with E-state index < -0.39 is 5.91 Å². The molecule has 0 heterocycles. The van der Waals surface area contributed by atoms with Crippen LogP contribution in [-0.4, -0.2) is 16.1 Å². The zero-order valence-electron chi connectivity index (χ0n) is 12.7. The Balaban J connectivity index is 2.15. The van der Waals surface area contributed by atoms with Gasteiger partial charge in [-0.2, -0.15) is 0 Å². The fourth-order valence-corrected chi connectivity index (χ4v) is 2.34. The number of carbonyl (C=O) groups is 1. The number of hydrogen-bond donors (Lipinski definition) is 3. The molecular formula is C18H21NO3. The number of carbonyl (C=O) groups excluding carboxylic acids is 1. The van der Waals surface area contributed by atoms with Crippen LogP contribution in [0.4, 0.5) is 5.69 Å². The third kappa shape index (κ3) is 4.01. The van der Waals surface area contributed by atoms with Crippen molar-refractivity contribution in [1.82, 2.24) is 0 Å². The van der Waals surface area contributed by atoms with Crippen LogP contribution in [0.25, 0.3) is 0 Å². The Morgan fingerprint density at radius 3 is 2.27 bits per heavy atom. The number of aryl methyl sites for hydroxylation is 1. The van der Waals surface area contributed by atoms with E-state index in [1.807, 2.05) is 6.07 Å². The Hall–Kier alpha value is -2.49. The third-order valence-electron chi connectivity index (χ3n) is 3.48. The highest BCUT2D eigenvalue weighted by Gasteiger charge is 2.17. The molecule has 0 fully saturated rings. The molecule has 0 radical (unpaired) electrons. The van der Waals surface area contributed by atoms with Crippen molar-refractivity contribution in [3.8, 4) is 11.5 Å². The van der Waals surface area contributed by atoms with Crippen molar-refractivity contribution in [2.75, 3.05) is 5.32 Å². The Kier molecular flexibility index (Phi) is 5.42. The minimum Gasteiger partial charge on any atom is -0.507 e. The molecule has 0 aliphatic rings. The van der Waals surface area contributed by atoms with E-state index in [0.717, 1.165) is 31.2 Å². The number of benzene rings is 2. The second kappa shape index (κ2) is 7.50. The molecule has 2 aromatic rings. The van der Waals surface area contributed by atoms with Gasteiger partial charge in [-0.15, -0.1) is 0 Å². The number of anilines is 1. The van der Waals surface area contributed by atoms with Crippen LogP contribution in [0.3, 0.4) is 0 Å². The van der Waals surface area contributed by atoms with Gasteiger partial charge in [-0.25, -0.2) is 0 Å². The zero-order valence-corrected chi connectivity index (χ0v) is 12.7. The van der Waals surface area contributed by atoms with E-state index in [0.29, 0.717) is 5.69 Å². The molecule has 0 saturated carbocycles.